The zero-order chi connectivity index (χ0) is 51.2. The number of halogens is 2. The van der Waals surface area contributed by atoms with Crippen molar-refractivity contribution in [2.75, 3.05) is 39.9 Å². The number of ether oxygens (including phenoxy) is 3. The van der Waals surface area contributed by atoms with Crippen LogP contribution in [0, 0.1) is 11.1 Å². The molecular formula is C54H64Cl2N8O8. The molecule has 5 aromatic rings. The Labute approximate surface area is 431 Å². The lowest BCUT2D eigenvalue weighted by Gasteiger charge is -2.45. The van der Waals surface area contributed by atoms with Crippen molar-refractivity contribution in [1.29, 1.82) is 0 Å². The number of benzene rings is 3. The van der Waals surface area contributed by atoms with Crippen LogP contribution in [0.2, 0.25) is 10.0 Å². The van der Waals surface area contributed by atoms with E-state index >= 15 is 0 Å². The van der Waals surface area contributed by atoms with Crippen LogP contribution in [-0.2, 0) is 61.6 Å². The van der Waals surface area contributed by atoms with Gasteiger partial charge in [-0.2, -0.15) is 4.73 Å². The molecule has 0 bridgehead atoms. The van der Waals surface area contributed by atoms with Crippen LogP contribution in [0.4, 0.5) is 0 Å². The number of amides is 3. The van der Waals surface area contributed by atoms with Gasteiger partial charge in [-0.1, -0.05) is 47.5 Å². The number of piperidine rings is 1. The minimum Gasteiger partial charge on any atom is -0.619 e. The van der Waals surface area contributed by atoms with Crippen LogP contribution in [0.3, 0.4) is 0 Å². The Morgan fingerprint density at radius 2 is 1.68 bits per heavy atom. The molecule has 2 N–H and O–H groups in total. The van der Waals surface area contributed by atoms with E-state index in [0.29, 0.717) is 57.8 Å². The van der Waals surface area contributed by atoms with Crippen LogP contribution in [0.25, 0.3) is 11.3 Å². The fraction of sp³-hybridized carbons (Fsp3) is 0.444. The molecule has 5 heterocycles. The summed E-state index contributed by atoms with van der Waals surface area (Å²) in [7, 11) is 3.30. The van der Waals surface area contributed by atoms with Crippen LogP contribution in [0.1, 0.15) is 75.5 Å². The number of methoxy groups -OCH3 is 1. The number of hydrogen-bond donors (Lipinski definition) is 2. The van der Waals surface area contributed by atoms with Gasteiger partial charge in [-0.25, -0.2) is 4.98 Å². The molecule has 3 saturated heterocycles. The molecule has 72 heavy (non-hydrogen) atoms. The van der Waals surface area contributed by atoms with Gasteiger partial charge in [-0.3, -0.25) is 29.0 Å². The molecule has 18 heteroatoms. The maximum absolute atomic E-state index is 14.8. The van der Waals surface area contributed by atoms with Gasteiger partial charge in [0.05, 0.1) is 56.1 Å². The van der Waals surface area contributed by atoms with Gasteiger partial charge in [0.1, 0.15) is 29.1 Å². The fourth-order valence-electron chi connectivity index (χ4n) is 10.2. The summed E-state index contributed by atoms with van der Waals surface area (Å²) >= 11 is 12.8. The standard InChI is InChI=1S/C54H64Cl2N8O8/c1-36(57-31-39-14-19-42(56)29-47(39)72-44-20-15-38(16-21-44)45-32-58-48(60(45)4)33-61-23-8-9-24-61)51(67)64-46(34-71-53(64,2)3)50(66)59-54(30-37-12-17-41(55)18-13-37)22-10-25-62(35-54)52(68)40(28-49(65)70-5)27-43-11-6-7-26-63(43)69/h6-7,11-21,26,29,32,36,40,46,57H,8-10,22-25,27-28,30-31,33-35H2,1-5H3,(H,59,66)/t36?,40?,46-,54+/m0/s1. The van der Waals surface area contributed by atoms with Crippen molar-refractivity contribution in [3.63, 3.8) is 0 Å². The number of nitrogens with one attached hydrogen (secondary N) is 2. The highest BCUT2D eigenvalue weighted by molar-refractivity contribution is 6.31. The second-order valence-electron chi connectivity index (χ2n) is 19.7. The smallest absolute Gasteiger partial charge is 0.306 e. The Balaban J connectivity index is 0.958. The lowest BCUT2D eigenvalue weighted by molar-refractivity contribution is -0.614. The van der Waals surface area contributed by atoms with E-state index in [4.69, 9.17) is 42.4 Å². The van der Waals surface area contributed by atoms with Gasteiger partial charge in [0.15, 0.2) is 11.9 Å². The molecule has 0 saturated carbocycles. The van der Waals surface area contributed by atoms with Gasteiger partial charge in [0.2, 0.25) is 17.7 Å². The molecule has 8 rings (SSSR count). The van der Waals surface area contributed by atoms with E-state index in [1.54, 1.807) is 68.1 Å². The summed E-state index contributed by atoms with van der Waals surface area (Å²) in [4.78, 5) is 66.8. The number of imidazole rings is 1. The number of pyridine rings is 1. The van der Waals surface area contributed by atoms with E-state index in [0.717, 1.165) is 47.8 Å². The molecule has 3 aliphatic rings. The summed E-state index contributed by atoms with van der Waals surface area (Å²) in [5.74, 6) is -0.435. The van der Waals surface area contributed by atoms with E-state index in [2.05, 4.69) is 20.1 Å². The van der Waals surface area contributed by atoms with Crippen molar-refractivity contribution in [1.82, 2.24) is 34.9 Å². The molecule has 382 valence electrons. The largest absolute Gasteiger partial charge is 0.619 e. The average molecular weight is 1020 g/mol. The quantitative estimate of drug-likeness (QED) is 0.0526. The summed E-state index contributed by atoms with van der Waals surface area (Å²) in [5, 5.41) is 20.4. The molecule has 3 aromatic carbocycles. The zero-order valence-corrected chi connectivity index (χ0v) is 43.1. The number of esters is 1. The number of nitrogens with zero attached hydrogens (tertiary/aromatic N) is 6. The number of carbonyl (C=O) groups is 4. The molecule has 0 aliphatic carbocycles. The molecule has 3 aliphatic heterocycles. The Morgan fingerprint density at radius 3 is 2.40 bits per heavy atom. The Morgan fingerprint density at radius 1 is 0.944 bits per heavy atom. The third-order valence-corrected chi connectivity index (χ3v) is 14.6. The van der Waals surface area contributed by atoms with Crippen LogP contribution in [-0.4, -0.2) is 111 Å². The van der Waals surface area contributed by atoms with E-state index in [9.17, 15) is 24.4 Å². The predicted molar refractivity (Wildman–Crippen MR) is 273 cm³/mol. The molecule has 3 amide bonds. The lowest BCUT2D eigenvalue weighted by atomic mass is 9.82. The first kappa shape index (κ1) is 52.3. The second kappa shape index (κ2) is 22.8. The highest BCUT2D eigenvalue weighted by Crippen LogP contribution is 2.34. The van der Waals surface area contributed by atoms with Crippen molar-refractivity contribution in [3.8, 4) is 22.8 Å². The minimum absolute atomic E-state index is 0.0104. The molecule has 16 nitrogen and oxygen atoms in total. The van der Waals surface area contributed by atoms with Gasteiger partial charge in [-0.05, 0) is 120 Å². The van der Waals surface area contributed by atoms with E-state index in [-0.39, 0.29) is 44.4 Å². The molecule has 0 radical (unpaired) electrons. The third kappa shape index (κ3) is 12.4. The summed E-state index contributed by atoms with van der Waals surface area (Å²) in [5.41, 5.74) is 1.86. The molecule has 2 unspecified atom stereocenters. The van der Waals surface area contributed by atoms with E-state index < -0.39 is 41.1 Å². The van der Waals surface area contributed by atoms with E-state index in [1.807, 2.05) is 55.7 Å². The van der Waals surface area contributed by atoms with Gasteiger partial charge >= 0.3 is 5.97 Å². The van der Waals surface area contributed by atoms with Crippen molar-refractivity contribution >= 4 is 46.9 Å². The molecular weight excluding hydrogens is 960 g/mol. The van der Waals surface area contributed by atoms with Crippen LogP contribution < -0.4 is 20.1 Å². The Bertz CT molecular complexity index is 2730. The number of likely N-dealkylation sites (tertiary alicyclic amines) is 2. The number of aromatic nitrogens is 3. The number of rotatable bonds is 18. The predicted octanol–water partition coefficient (Wildman–Crippen LogP) is 7.00. The summed E-state index contributed by atoms with van der Waals surface area (Å²) < 4.78 is 20.4. The maximum Gasteiger partial charge on any atom is 0.306 e. The highest BCUT2D eigenvalue weighted by atomic mass is 35.5. The van der Waals surface area contributed by atoms with Crippen LogP contribution in [0.15, 0.2) is 97.3 Å². The van der Waals surface area contributed by atoms with Gasteiger partial charge in [0.25, 0.3) is 0 Å². The summed E-state index contributed by atoms with van der Waals surface area (Å²) in [6.07, 6.45) is 6.86. The van der Waals surface area contributed by atoms with Crippen LogP contribution in [0.5, 0.6) is 11.5 Å². The van der Waals surface area contributed by atoms with Gasteiger partial charge < -0.3 is 39.5 Å². The Hall–Kier alpha value is -6.04. The summed E-state index contributed by atoms with van der Waals surface area (Å²) in [6.45, 7) is 8.94. The van der Waals surface area contributed by atoms with Crippen LogP contribution >= 0.6 is 23.2 Å². The van der Waals surface area contributed by atoms with E-state index in [1.165, 1.54) is 31.0 Å². The van der Waals surface area contributed by atoms with Crippen molar-refractivity contribution in [2.45, 2.75) is 102 Å². The monoisotopic (exact) mass is 1020 g/mol. The van der Waals surface area contributed by atoms with Crippen molar-refractivity contribution in [3.05, 3.63) is 135 Å². The SMILES string of the molecule is COC(=O)CC(Cc1cccc[n+]1[O-])C(=O)N1CCC[C@](Cc2ccc(Cl)cc2)(NC(=O)[C@@H]2COC(C)(C)N2C(=O)C(C)NCc2ccc(Cl)cc2Oc2ccc(-c3cnc(CN4CCCC4)n3C)cc2)C1. The first-order valence-electron chi connectivity index (χ1n) is 24.6. The molecule has 2 aromatic heterocycles. The fourth-order valence-corrected chi connectivity index (χ4v) is 10.5. The first-order chi connectivity index (χ1) is 34.5. The highest BCUT2D eigenvalue weighted by Gasteiger charge is 2.50. The van der Waals surface area contributed by atoms with Crippen molar-refractivity contribution in [2.24, 2.45) is 13.0 Å². The van der Waals surface area contributed by atoms with Gasteiger partial charge in [-0.15, -0.1) is 0 Å². The molecule has 4 atom stereocenters. The third-order valence-electron chi connectivity index (χ3n) is 14.1. The van der Waals surface area contributed by atoms with Gasteiger partial charge in [0, 0.05) is 66.4 Å². The zero-order valence-electron chi connectivity index (χ0n) is 41.6. The molecule has 3 fully saturated rings. The normalized spacial score (nSPS) is 19.7. The average Bonchev–Trinajstić information content (AvgIpc) is 4.10. The Kier molecular flexibility index (Phi) is 16.6. The maximum atomic E-state index is 14.8. The number of carbonyl (C=O) groups excluding carboxylic acids is 4. The van der Waals surface area contributed by atoms with Crippen molar-refractivity contribution < 1.29 is 38.1 Å². The summed E-state index contributed by atoms with van der Waals surface area (Å²) in [6, 6.07) is 23.6. The first-order valence-corrected chi connectivity index (χ1v) is 25.4. The molecule has 0 spiro atoms. The number of hydrogen-bond acceptors (Lipinski definition) is 11. The topological polar surface area (TPSA) is 175 Å². The lowest BCUT2D eigenvalue weighted by Crippen LogP contribution is -2.65. The second-order valence-corrected chi connectivity index (χ2v) is 20.6. The minimum atomic E-state index is -1.14.